The Kier molecular flexibility index (Phi) is 5.20. The number of aromatic nitrogens is 1. The first-order chi connectivity index (χ1) is 10.1. The number of aryl methyl sites for hydroxylation is 2. The summed E-state index contributed by atoms with van der Waals surface area (Å²) >= 11 is 1.75. The molecule has 2 rings (SSSR count). The van der Waals surface area contributed by atoms with Crippen LogP contribution in [0.1, 0.15) is 27.2 Å². The molecule has 0 spiro atoms. The van der Waals surface area contributed by atoms with E-state index < -0.39 is 0 Å². The molecular weight excluding hydrogens is 284 g/mol. The van der Waals surface area contributed by atoms with E-state index in [4.69, 9.17) is 9.47 Å². The van der Waals surface area contributed by atoms with E-state index in [-0.39, 0.29) is 6.04 Å². The van der Waals surface area contributed by atoms with Gasteiger partial charge in [-0.3, -0.25) is 0 Å². The number of ether oxygens (including phenoxy) is 2. The second kappa shape index (κ2) is 6.91. The number of likely N-dealkylation sites (N-methyl/N-ethyl adjacent to an activating group) is 1. The minimum Gasteiger partial charge on any atom is -0.493 e. The van der Waals surface area contributed by atoms with E-state index in [0.717, 1.165) is 34.2 Å². The Hall–Kier alpha value is -1.59. The van der Waals surface area contributed by atoms with Crippen LogP contribution in [-0.2, 0) is 6.42 Å². The van der Waals surface area contributed by atoms with Gasteiger partial charge in [0.15, 0.2) is 11.5 Å². The highest BCUT2D eigenvalue weighted by molar-refractivity contribution is 7.11. The maximum absolute atomic E-state index is 5.53. The number of benzene rings is 1. The van der Waals surface area contributed by atoms with Crippen LogP contribution < -0.4 is 14.8 Å². The molecule has 0 bridgehead atoms. The fourth-order valence-electron chi connectivity index (χ4n) is 2.36. The van der Waals surface area contributed by atoms with Crippen LogP contribution in [0.2, 0.25) is 0 Å². The first-order valence-electron chi connectivity index (χ1n) is 6.91. The van der Waals surface area contributed by atoms with E-state index in [2.05, 4.69) is 30.2 Å². The van der Waals surface area contributed by atoms with Gasteiger partial charge in [-0.2, -0.15) is 0 Å². The van der Waals surface area contributed by atoms with Crippen molar-refractivity contribution in [2.75, 3.05) is 21.3 Å². The number of methoxy groups -OCH3 is 2. The van der Waals surface area contributed by atoms with Crippen molar-refractivity contribution >= 4 is 11.3 Å². The van der Waals surface area contributed by atoms with Crippen LogP contribution in [0.5, 0.6) is 11.5 Å². The Balaban J connectivity index is 2.33. The molecule has 1 atom stereocenters. The van der Waals surface area contributed by atoms with E-state index >= 15 is 0 Å². The quantitative estimate of drug-likeness (QED) is 0.889. The lowest BCUT2D eigenvalue weighted by Gasteiger charge is -2.20. The van der Waals surface area contributed by atoms with E-state index in [9.17, 15) is 0 Å². The molecule has 114 valence electrons. The molecule has 4 nitrogen and oxygen atoms in total. The fourth-order valence-corrected chi connectivity index (χ4v) is 3.33. The molecular formula is C16H22N2O2S. The van der Waals surface area contributed by atoms with Gasteiger partial charge in [0.2, 0.25) is 0 Å². The third-order valence-electron chi connectivity index (χ3n) is 3.61. The average Bonchev–Trinajstić information content (AvgIpc) is 2.82. The standard InChI is InChI=1S/C16H22N2O2S/c1-10-11(2)21-15(18-10)9-13(17-3)12-7-6-8-14(19-4)16(12)20-5/h6-8,13,17H,9H2,1-5H3. The number of nitrogens with one attached hydrogen (secondary N) is 1. The third kappa shape index (κ3) is 3.36. The van der Waals surface area contributed by atoms with Crippen molar-refractivity contribution in [1.29, 1.82) is 0 Å². The Morgan fingerprint density at radius 2 is 2.00 bits per heavy atom. The molecule has 1 aromatic heterocycles. The van der Waals surface area contributed by atoms with E-state index in [1.165, 1.54) is 4.88 Å². The number of hydrogen-bond donors (Lipinski definition) is 1. The van der Waals surface area contributed by atoms with Gasteiger partial charge in [0.25, 0.3) is 0 Å². The molecule has 1 heterocycles. The average molecular weight is 306 g/mol. The molecule has 0 fully saturated rings. The van der Waals surface area contributed by atoms with Crippen molar-refractivity contribution in [3.8, 4) is 11.5 Å². The first-order valence-corrected chi connectivity index (χ1v) is 7.73. The van der Waals surface area contributed by atoms with Crippen LogP contribution in [0, 0.1) is 13.8 Å². The number of nitrogens with zero attached hydrogens (tertiary/aromatic N) is 1. The summed E-state index contributed by atoms with van der Waals surface area (Å²) in [5.74, 6) is 1.53. The normalized spacial score (nSPS) is 12.2. The summed E-state index contributed by atoms with van der Waals surface area (Å²) in [5, 5.41) is 4.49. The van der Waals surface area contributed by atoms with Crippen molar-refractivity contribution < 1.29 is 9.47 Å². The lowest BCUT2D eigenvalue weighted by Crippen LogP contribution is -2.19. The zero-order valence-corrected chi connectivity index (χ0v) is 14.0. The molecule has 21 heavy (non-hydrogen) atoms. The second-order valence-corrected chi connectivity index (χ2v) is 6.17. The van der Waals surface area contributed by atoms with Crippen LogP contribution in [0.25, 0.3) is 0 Å². The second-order valence-electron chi connectivity index (χ2n) is 4.88. The predicted octanol–water partition coefficient (Wildman–Crippen LogP) is 3.28. The van der Waals surface area contributed by atoms with Crippen molar-refractivity contribution in [1.82, 2.24) is 10.3 Å². The van der Waals surface area contributed by atoms with E-state index in [0.29, 0.717) is 0 Å². The topological polar surface area (TPSA) is 43.4 Å². The summed E-state index contributed by atoms with van der Waals surface area (Å²) < 4.78 is 10.9. The Labute approximate surface area is 130 Å². The van der Waals surface area contributed by atoms with Crippen LogP contribution in [0.3, 0.4) is 0 Å². The summed E-state index contributed by atoms with van der Waals surface area (Å²) in [6.07, 6.45) is 0.833. The molecule has 5 heteroatoms. The van der Waals surface area contributed by atoms with Crippen molar-refractivity contribution in [3.05, 3.63) is 39.3 Å². The fraction of sp³-hybridized carbons (Fsp3) is 0.438. The first kappa shape index (κ1) is 15.8. The van der Waals surface area contributed by atoms with Crippen LogP contribution in [0.4, 0.5) is 0 Å². The van der Waals surface area contributed by atoms with Gasteiger partial charge < -0.3 is 14.8 Å². The molecule has 0 amide bonds. The Morgan fingerprint density at radius 1 is 1.24 bits per heavy atom. The van der Waals surface area contributed by atoms with Gasteiger partial charge in [0.1, 0.15) is 0 Å². The minimum absolute atomic E-state index is 0.139. The highest BCUT2D eigenvalue weighted by atomic mass is 32.1. The van der Waals surface area contributed by atoms with Gasteiger partial charge in [-0.15, -0.1) is 11.3 Å². The van der Waals surface area contributed by atoms with Gasteiger partial charge in [-0.1, -0.05) is 12.1 Å². The molecule has 0 aliphatic carbocycles. The number of para-hydroxylation sites is 1. The monoisotopic (exact) mass is 306 g/mol. The molecule has 2 aromatic rings. The molecule has 1 N–H and O–H groups in total. The maximum atomic E-state index is 5.53. The predicted molar refractivity (Wildman–Crippen MR) is 86.6 cm³/mol. The summed E-state index contributed by atoms with van der Waals surface area (Å²) in [6, 6.07) is 6.10. The smallest absolute Gasteiger partial charge is 0.165 e. The Bertz CT molecular complexity index is 591. The Morgan fingerprint density at radius 3 is 2.52 bits per heavy atom. The lowest BCUT2D eigenvalue weighted by atomic mass is 10.0. The van der Waals surface area contributed by atoms with Gasteiger partial charge >= 0.3 is 0 Å². The summed E-state index contributed by atoms with van der Waals surface area (Å²) in [4.78, 5) is 5.90. The van der Waals surface area contributed by atoms with Crippen molar-refractivity contribution in [2.24, 2.45) is 0 Å². The summed E-state index contributed by atoms with van der Waals surface area (Å²) in [7, 11) is 5.28. The number of rotatable bonds is 6. The maximum Gasteiger partial charge on any atom is 0.165 e. The van der Waals surface area contributed by atoms with Crippen LogP contribution >= 0.6 is 11.3 Å². The zero-order valence-electron chi connectivity index (χ0n) is 13.2. The molecule has 0 saturated heterocycles. The van der Waals surface area contributed by atoms with Crippen molar-refractivity contribution in [3.63, 3.8) is 0 Å². The molecule has 0 radical (unpaired) electrons. The highest BCUT2D eigenvalue weighted by Crippen LogP contribution is 2.36. The van der Waals surface area contributed by atoms with Gasteiger partial charge in [-0.25, -0.2) is 4.98 Å². The molecule has 1 unspecified atom stereocenters. The summed E-state index contributed by atoms with van der Waals surface area (Å²) in [5.41, 5.74) is 2.20. The van der Waals surface area contributed by atoms with E-state index in [1.807, 2.05) is 19.2 Å². The van der Waals surface area contributed by atoms with Crippen LogP contribution in [-0.4, -0.2) is 26.3 Å². The molecule has 0 aliphatic rings. The van der Waals surface area contributed by atoms with Crippen LogP contribution in [0.15, 0.2) is 18.2 Å². The molecule has 0 aliphatic heterocycles. The minimum atomic E-state index is 0.139. The molecule has 1 aromatic carbocycles. The summed E-state index contributed by atoms with van der Waals surface area (Å²) in [6.45, 7) is 4.16. The van der Waals surface area contributed by atoms with Gasteiger partial charge in [0.05, 0.1) is 24.9 Å². The van der Waals surface area contributed by atoms with E-state index in [1.54, 1.807) is 25.6 Å². The largest absolute Gasteiger partial charge is 0.493 e. The number of thiazole rings is 1. The number of hydrogen-bond acceptors (Lipinski definition) is 5. The van der Waals surface area contributed by atoms with Crippen molar-refractivity contribution in [2.45, 2.75) is 26.3 Å². The van der Waals surface area contributed by atoms with Gasteiger partial charge in [-0.05, 0) is 27.0 Å². The SMILES string of the molecule is CNC(Cc1nc(C)c(C)s1)c1cccc(OC)c1OC. The third-order valence-corrected chi connectivity index (χ3v) is 4.70. The van der Waals surface area contributed by atoms with Gasteiger partial charge in [0, 0.05) is 22.9 Å². The lowest BCUT2D eigenvalue weighted by molar-refractivity contribution is 0.347. The molecule has 0 saturated carbocycles. The zero-order chi connectivity index (χ0) is 15.4. The highest BCUT2D eigenvalue weighted by Gasteiger charge is 2.19.